The molecule has 0 aliphatic carbocycles. The smallest absolute Gasteiger partial charge is 0.231 e. The monoisotopic (exact) mass is 234 g/mol. The van der Waals surface area contributed by atoms with Crippen molar-refractivity contribution in [2.75, 3.05) is 18.5 Å². The van der Waals surface area contributed by atoms with Gasteiger partial charge in [0.1, 0.15) is 0 Å². The van der Waals surface area contributed by atoms with Gasteiger partial charge in [0.15, 0.2) is 0 Å². The van der Waals surface area contributed by atoms with Crippen LogP contribution in [0.4, 0.5) is 5.69 Å². The lowest BCUT2D eigenvalue weighted by molar-refractivity contribution is -0.121. The number of carbonyl (C=O) groups excluding carboxylic acids is 1. The number of nitrogens with zero attached hydrogens (tertiary/aromatic N) is 1. The maximum Gasteiger partial charge on any atom is 0.231 e. The molecule has 17 heavy (non-hydrogen) atoms. The van der Waals surface area contributed by atoms with E-state index in [0.717, 1.165) is 12.1 Å². The molecule has 1 amide bonds. The van der Waals surface area contributed by atoms with Gasteiger partial charge in [-0.25, -0.2) is 0 Å². The molecule has 0 aliphatic heterocycles. The maximum atomic E-state index is 12.1. The minimum absolute atomic E-state index is 0.0818. The summed E-state index contributed by atoms with van der Waals surface area (Å²) in [5.74, 6) is 0.0138. The van der Waals surface area contributed by atoms with E-state index in [1.807, 2.05) is 32.2 Å². The number of benzene rings is 1. The van der Waals surface area contributed by atoms with Crippen molar-refractivity contribution in [1.29, 1.82) is 0 Å². The van der Waals surface area contributed by atoms with Crippen molar-refractivity contribution in [3.05, 3.63) is 29.3 Å². The highest BCUT2D eigenvalue weighted by Crippen LogP contribution is 2.19. The number of hydrogen-bond acceptors (Lipinski definition) is 2. The van der Waals surface area contributed by atoms with Gasteiger partial charge in [-0.1, -0.05) is 13.0 Å². The van der Waals surface area contributed by atoms with Crippen LogP contribution in [0.3, 0.4) is 0 Å². The predicted molar refractivity (Wildman–Crippen MR) is 72.2 cm³/mol. The Labute approximate surface area is 104 Å². The van der Waals surface area contributed by atoms with Crippen molar-refractivity contribution < 1.29 is 4.79 Å². The van der Waals surface area contributed by atoms with E-state index in [1.54, 1.807) is 4.90 Å². The third kappa shape index (κ3) is 3.07. The van der Waals surface area contributed by atoms with E-state index in [2.05, 4.69) is 13.8 Å². The summed E-state index contributed by atoms with van der Waals surface area (Å²) in [6.45, 7) is 6.52. The van der Waals surface area contributed by atoms with E-state index in [0.29, 0.717) is 6.54 Å². The first kappa shape index (κ1) is 13.7. The van der Waals surface area contributed by atoms with Crippen molar-refractivity contribution in [2.24, 2.45) is 11.7 Å². The lowest BCUT2D eigenvalue weighted by Crippen LogP contribution is -2.36. The summed E-state index contributed by atoms with van der Waals surface area (Å²) in [6.07, 6.45) is 0.782. The van der Waals surface area contributed by atoms with Gasteiger partial charge < -0.3 is 10.6 Å². The highest BCUT2D eigenvalue weighted by molar-refractivity contribution is 5.94. The minimum Gasteiger partial charge on any atom is -0.330 e. The number of aryl methyl sites for hydroxylation is 2. The third-order valence-electron chi connectivity index (χ3n) is 3.33. The first-order valence-electron chi connectivity index (χ1n) is 6.06. The molecule has 0 saturated carbocycles. The standard InChI is InChI=1S/C14H22N2O/c1-5-12(9-15)14(17)16(4)13-7-6-10(2)11(3)8-13/h6-8,12H,5,9,15H2,1-4H3. The van der Waals surface area contributed by atoms with Crippen LogP contribution in [0.2, 0.25) is 0 Å². The first-order chi connectivity index (χ1) is 8.01. The van der Waals surface area contributed by atoms with Gasteiger partial charge in [-0.3, -0.25) is 4.79 Å². The molecule has 0 aliphatic rings. The van der Waals surface area contributed by atoms with Crippen molar-refractivity contribution in [1.82, 2.24) is 0 Å². The van der Waals surface area contributed by atoms with Crippen molar-refractivity contribution >= 4 is 11.6 Å². The van der Waals surface area contributed by atoms with E-state index in [1.165, 1.54) is 11.1 Å². The predicted octanol–water partition coefficient (Wildman–Crippen LogP) is 2.25. The molecule has 0 radical (unpaired) electrons. The van der Waals surface area contributed by atoms with Crippen LogP contribution in [0.5, 0.6) is 0 Å². The van der Waals surface area contributed by atoms with Gasteiger partial charge in [-0.05, 0) is 43.5 Å². The fraction of sp³-hybridized carbons (Fsp3) is 0.500. The zero-order chi connectivity index (χ0) is 13.0. The van der Waals surface area contributed by atoms with Crippen molar-refractivity contribution in [3.63, 3.8) is 0 Å². The molecule has 0 bridgehead atoms. The van der Waals surface area contributed by atoms with Gasteiger partial charge in [0.2, 0.25) is 5.91 Å². The average Bonchev–Trinajstić information content (AvgIpc) is 2.33. The molecule has 0 spiro atoms. The third-order valence-corrected chi connectivity index (χ3v) is 3.33. The Morgan fingerprint density at radius 3 is 2.47 bits per heavy atom. The summed E-state index contributed by atoms with van der Waals surface area (Å²) < 4.78 is 0. The fourth-order valence-corrected chi connectivity index (χ4v) is 1.78. The second kappa shape index (κ2) is 5.82. The molecule has 1 rings (SSSR count). The van der Waals surface area contributed by atoms with Crippen LogP contribution in [0.15, 0.2) is 18.2 Å². The highest BCUT2D eigenvalue weighted by Gasteiger charge is 2.19. The zero-order valence-corrected chi connectivity index (χ0v) is 11.2. The molecule has 1 unspecified atom stereocenters. The quantitative estimate of drug-likeness (QED) is 0.868. The summed E-state index contributed by atoms with van der Waals surface area (Å²) in [6, 6.07) is 6.05. The van der Waals surface area contributed by atoms with Crippen LogP contribution in [0.25, 0.3) is 0 Å². The molecule has 3 nitrogen and oxygen atoms in total. The molecule has 0 saturated heterocycles. The Kier molecular flexibility index (Phi) is 4.70. The minimum atomic E-state index is -0.0818. The van der Waals surface area contributed by atoms with Gasteiger partial charge in [0.05, 0.1) is 5.92 Å². The lowest BCUT2D eigenvalue weighted by Gasteiger charge is -2.23. The van der Waals surface area contributed by atoms with Crippen LogP contribution < -0.4 is 10.6 Å². The van der Waals surface area contributed by atoms with Crippen molar-refractivity contribution in [2.45, 2.75) is 27.2 Å². The molecule has 2 N–H and O–H groups in total. The number of nitrogens with two attached hydrogens (primary N) is 1. The van der Waals surface area contributed by atoms with E-state index in [-0.39, 0.29) is 11.8 Å². The number of hydrogen-bond donors (Lipinski definition) is 1. The zero-order valence-electron chi connectivity index (χ0n) is 11.2. The summed E-state index contributed by atoms with van der Waals surface area (Å²) in [5, 5.41) is 0. The van der Waals surface area contributed by atoms with E-state index in [9.17, 15) is 4.79 Å². The lowest BCUT2D eigenvalue weighted by atomic mass is 10.0. The number of anilines is 1. The second-order valence-electron chi connectivity index (χ2n) is 4.51. The van der Waals surface area contributed by atoms with Crippen LogP contribution in [-0.4, -0.2) is 19.5 Å². The Morgan fingerprint density at radius 1 is 1.35 bits per heavy atom. The summed E-state index contributed by atoms with van der Waals surface area (Å²) in [4.78, 5) is 13.8. The van der Waals surface area contributed by atoms with Crippen LogP contribution in [0, 0.1) is 19.8 Å². The normalized spacial score (nSPS) is 12.3. The Balaban J connectivity index is 2.92. The van der Waals surface area contributed by atoms with Gasteiger partial charge >= 0.3 is 0 Å². The number of carbonyl (C=O) groups is 1. The summed E-state index contributed by atoms with van der Waals surface area (Å²) >= 11 is 0. The molecule has 3 heteroatoms. The van der Waals surface area contributed by atoms with E-state index >= 15 is 0 Å². The van der Waals surface area contributed by atoms with Crippen LogP contribution >= 0.6 is 0 Å². The Bertz CT molecular complexity index is 397. The molecule has 1 atom stereocenters. The average molecular weight is 234 g/mol. The van der Waals surface area contributed by atoms with Gasteiger partial charge in [-0.15, -0.1) is 0 Å². The topological polar surface area (TPSA) is 46.3 Å². The molecule has 0 fully saturated rings. The fourth-order valence-electron chi connectivity index (χ4n) is 1.78. The molecule has 1 aromatic rings. The maximum absolute atomic E-state index is 12.1. The second-order valence-corrected chi connectivity index (χ2v) is 4.51. The largest absolute Gasteiger partial charge is 0.330 e. The molecule has 0 aromatic heterocycles. The van der Waals surface area contributed by atoms with Crippen LogP contribution in [0.1, 0.15) is 24.5 Å². The highest BCUT2D eigenvalue weighted by atomic mass is 16.2. The molecular formula is C14H22N2O. The number of rotatable bonds is 4. The molecular weight excluding hydrogens is 212 g/mol. The van der Waals surface area contributed by atoms with Gasteiger partial charge in [-0.2, -0.15) is 0 Å². The molecule has 1 aromatic carbocycles. The molecule has 0 heterocycles. The van der Waals surface area contributed by atoms with Gasteiger partial charge in [0, 0.05) is 19.3 Å². The SMILES string of the molecule is CCC(CN)C(=O)N(C)c1ccc(C)c(C)c1. The van der Waals surface area contributed by atoms with E-state index in [4.69, 9.17) is 5.73 Å². The summed E-state index contributed by atoms with van der Waals surface area (Å²) in [5.41, 5.74) is 8.98. The van der Waals surface area contributed by atoms with Crippen LogP contribution in [-0.2, 0) is 4.79 Å². The Hall–Kier alpha value is -1.35. The first-order valence-corrected chi connectivity index (χ1v) is 6.06. The van der Waals surface area contributed by atoms with Crippen molar-refractivity contribution in [3.8, 4) is 0 Å². The number of amides is 1. The molecule has 94 valence electrons. The summed E-state index contributed by atoms with van der Waals surface area (Å²) in [7, 11) is 1.81. The Morgan fingerprint density at radius 2 is 2.00 bits per heavy atom. The van der Waals surface area contributed by atoms with E-state index < -0.39 is 0 Å². The van der Waals surface area contributed by atoms with Gasteiger partial charge in [0.25, 0.3) is 0 Å².